The van der Waals surface area contributed by atoms with E-state index in [1.807, 2.05) is 37.5 Å². The van der Waals surface area contributed by atoms with Gasteiger partial charge in [-0.2, -0.15) is 0 Å². The standard InChI is InChI=1S/C13H13BrN2/c1-15-9-11-7-6-10(8-16-11)12-4-2-3-5-13(12)14/h2-8,15H,9H2,1H3. The van der Waals surface area contributed by atoms with Crippen LogP contribution in [0.15, 0.2) is 47.1 Å². The minimum absolute atomic E-state index is 0.802. The summed E-state index contributed by atoms with van der Waals surface area (Å²) in [6.45, 7) is 0.802. The van der Waals surface area contributed by atoms with Gasteiger partial charge >= 0.3 is 0 Å². The highest BCUT2D eigenvalue weighted by Crippen LogP contribution is 2.27. The molecule has 0 saturated heterocycles. The molecule has 2 aromatic rings. The van der Waals surface area contributed by atoms with E-state index in [1.54, 1.807) is 0 Å². The molecular formula is C13H13BrN2. The predicted octanol–water partition coefficient (Wildman–Crippen LogP) is 3.23. The molecule has 0 aliphatic carbocycles. The van der Waals surface area contributed by atoms with Crippen LogP contribution in [0.1, 0.15) is 5.69 Å². The Balaban J connectivity index is 2.31. The van der Waals surface area contributed by atoms with Gasteiger partial charge in [0, 0.05) is 22.8 Å². The second kappa shape index (κ2) is 5.23. The lowest BCUT2D eigenvalue weighted by atomic mass is 10.1. The van der Waals surface area contributed by atoms with Crippen molar-refractivity contribution in [3.05, 3.63) is 52.8 Å². The first-order valence-corrected chi connectivity index (χ1v) is 5.95. The Morgan fingerprint density at radius 3 is 2.62 bits per heavy atom. The molecule has 1 N–H and O–H groups in total. The largest absolute Gasteiger partial charge is 0.314 e. The highest BCUT2D eigenvalue weighted by molar-refractivity contribution is 9.10. The maximum absolute atomic E-state index is 4.40. The SMILES string of the molecule is CNCc1ccc(-c2ccccc2Br)cn1. The normalized spacial score (nSPS) is 10.4. The number of halogens is 1. The highest BCUT2D eigenvalue weighted by Gasteiger charge is 2.02. The third-order valence-electron chi connectivity index (χ3n) is 2.37. The van der Waals surface area contributed by atoms with E-state index < -0.39 is 0 Å². The van der Waals surface area contributed by atoms with Crippen molar-refractivity contribution in [1.82, 2.24) is 10.3 Å². The topological polar surface area (TPSA) is 24.9 Å². The summed E-state index contributed by atoms with van der Waals surface area (Å²) in [4.78, 5) is 4.40. The zero-order chi connectivity index (χ0) is 11.4. The van der Waals surface area contributed by atoms with E-state index in [0.29, 0.717) is 0 Å². The Kier molecular flexibility index (Phi) is 3.70. The third-order valence-corrected chi connectivity index (χ3v) is 3.06. The van der Waals surface area contributed by atoms with Crippen molar-refractivity contribution in [3.63, 3.8) is 0 Å². The first kappa shape index (κ1) is 11.3. The average molecular weight is 277 g/mol. The fourth-order valence-electron chi connectivity index (χ4n) is 1.56. The monoisotopic (exact) mass is 276 g/mol. The Hall–Kier alpha value is -1.19. The molecule has 2 rings (SSSR count). The van der Waals surface area contributed by atoms with Gasteiger partial charge in [0.2, 0.25) is 0 Å². The Morgan fingerprint density at radius 2 is 2.00 bits per heavy atom. The smallest absolute Gasteiger partial charge is 0.0542 e. The summed E-state index contributed by atoms with van der Waals surface area (Å²) in [7, 11) is 1.92. The van der Waals surface area contributed by atoms with Gasteiger partial charge in [-0.1, -0.05) is 40.2 Å². The molecule has 2 nitrogen and oxygen atoms in total. The molecule has 1 heterocycles. The van der Waals surface area contributed by atoms with E-state index in [9.17, 15) is 0 Å². The molecule has 3 heteroatoms. The molecule has 16 heavy (non-hydrogen) atoms. The predicted molar refractivity (Wildman–Crippen MR) is 70.1 cm³/mol. The van der Waals surface area contributed by atoms with Gasteiger partial charge in [-0.15, -0.1) is 0 Å². The molecule has 0 aliphatic heterocycles. The highest BCUT2D eigenvalue weighted by atomic mass is 79.9. The van der Waals surface area contributed by atoms with Crippen molar-refractivity contribution in [3.8, 4) is 11.1 Å². The number of nitrogens with zero attached hydrogens (tertiary/aromatic N) is 1. The van der Waals surface area contributed by atoms with Gasteiger partial charge in [0.05, 0.1) is 5.69 Å². The van der Waals surface area contributed by atoms with E-state index in [4.69, 9.17) is 0 Å². The third kappa shape index (κ3) is 2.49. The second-order valence-electron chi connectivity index (χ2n) is 3.55. The van der Waals surface area contributed by atoms with Crippen molar-refractivity contribution < 1.29 is 0 Å². The number of rotatable bonds is 3. The summed E-state index contributed by atoms with van der Waals surface area (Å²) < 4.78 is 1.10. The first-order valence-electron chi connectivity index (χ1n) is 5.15. The number of benzene rings is 1. The molecule has 0 fully saturated rings. The summed E-state index contributed by atoms with van der Waals surface area (Å²) in [6, 6.07) is 12.3. The van der Waals surface area contributed by atoms with E-state index in [0.717, 1.165) is 22.3 Å². The molecule has 82 valence electrons. The van der Waals surface area contributed by atoms with E-state index >= 15 is 0 Å². The fraction of sp³-hybridized carbons (Fsp3) is 0.154. The molecule has 1 aromatic carbocycles. The Morgan fingerprint density at radius 1 is 1.19 bits per heavy atom. The maximum Gasteiger partial charge on any atom is 0.0542 e. The summed E-state index contributed by atoms with van der Waals surface area (Å²) in [5.41, 5.74) is 3.36. The lowest BCUT2D eigenvalue weighted by molar-refractivity contribution is 0.791. The molecule has 0 aliphatic rings. The molecular weight excluding hydrogens is 264 g/mol. The van der Waals surface area contributed by atoms with Gasteiger partial charge in [-0.25, -0.2) is 0 Å². The molecule has 0 radical (unpaired) electrons. The van der Waals surface area contributed by atoms with Gasteiger partial charge in [-0.3, -0.25) is 4.98 Å². The second-order valence-corrected chi connectivity index (χ2v) is 4.40. The quantitative estimate of drug-likeness (QED) is 0.931. The molecule has 0 bridgehead atoms. The number of nitrogens with one attached hydrogen (secondary N) is 1. The van der Waals surface area contributed by atoms with Gasteiger partial charge in [-0.05, 0) is 24.7 Å². The van der Waals surface area contributed by atoms with Crippen LogP contribution in [-0.2, 0) is 6.54 Å². The van der Waals surface area contributed by atoms with Crippen LogP contribution in [0.3, 0.4) is 0 Å². The first-order chi connectivity index (χ1) is 7.81. The molecule has 0 unspecified atom stereocenters. The maximum atomic E-state index is 4.40. The number of hydrogen-bond acceptors (Lipinski definition) is 2. The van der Waals surface area contributed by atoms with Crippen molar-refractivity contribution in [1.29, 1.82) is 0 Å². The minimum atomic E-state index is 0.802. The zero-order valence-corrected chi connectivity index (χ0v) is 10.7. The average Bonchev–Trinajstić information content (AvgIpc) is 2.31. The lowest BCUT2D eigenvalue weighted by Crippen LogP contribution is -2.06. The molecule has 0 spiro atoms. The van der Waals surface area contributed by atoms with Crippen molar-refractivity contribution in [2.45, 2.75) is 6.54 Å². The summed E-state index contributed by atoms with van der Waals surface area (Å²) >= 11 is 3.54. The zero-order valence-electron chi connectivity index (χ0n) is 9.07. The van der Waals surface area contributed by atoms with E-state index in [2.05, 4.69) is 38.4 Å². The Labute approximate surface area is 104 Å². The van der Waals surface area contributed by atoms with Gasteiger partial charge in [0.1, 0.15) is 0 Å². The molecule has 0 atom stereocenters. The summed E-state index contributed by atoms with van der Waals surface area (Å²) in [6.07, 6.45) is 1.91. The van der Waals surface area contributed by atoms with Crippen LogP contribution in [0.4, 0.5) is 0 Å². The van der Waals surface area contributed by atoms with Crippen molar-refractivity contribution in [2.75, 3.05) is 7.05 Å². The lowest BCUT2D eigenvalue weighted by Gasteiger charge is -2.05. The number of hydrogen-bond donors (Lipinski definition) is 1. The minimum Gasteiger partial charge on any atom is -0.314 e. The fourth-order valence-corrected chi connectivity index (χ4v) is 2.08. The summed E-state index contributed by atoms with van der Waals surface area (Å²) in [5.74, 6) is 0. The van der Waals surface area contributed by atoms with E-state index in [1.165, 1.54) is 5.56 Å². The van der Waals surface area contributed by atoms with Crippen LogP contribution in [0.5, 0.6) is 0 Å². The van der Waals surface area contributed by atoms with Crippen LogP contribution >= 0.6 is 15.9 Å². The van der Waals surface area contributed by atoms with Gasteiger partial charge < -0.3 is 5.32 Å². The summed E-state index contributed by atoms with van der Waals surface area (Å²) in [5, 5.41) is 3.08. The molecule has 0 amide bonds. The molecule has 1 aromatic heterocycles. The van der Waals surface area contributed by atoms with Crippen LogP contribution in [-0.4, -0.2) is 12.0 Å². The number of pyridine rings is 1. The van der Waals surface area contributed by atoms with Crippen LogP contribution in [0.25, 0.3) is 11.1 Å². The van der Waals surface area contributed by atoms with Crippen molar-refractivity contribution in [2.24, 2.45) is 0 Å². The van der Waals surface area contributed by atoms with Crippen LogP contribution < -0.4 is 5.32 Å². The molecule has 0 saturated carbocycles. The van der Waals surface area contributed by atoms with Crippen molar-refractivity contribution >= 4 is 15.9 Å². The van der Waals surface area contributed by atoms with E-state index in [-0.39, 0.29) is 0 Å². The van der Waals surface area contributed by atoms with Gasteiger partial charge in [0.15, 0.2) is 0 Å². The van der Waals surface area contributed by atoms with Crippen LogP contribution in [0, 0.1) is 0 Å². The van der Waals surface area contributed by atoms with Crippen LogP contribution in [0.2, 0.25) is 0 Å². The number of aromatic nitrogens is 1. The van der Waals surface area contributed by atoms with Gasteiger partial charge in [0.25, 0.3) is 0 Å². The Bertz CT molecular complexity index is 466.